The quantitative estimate of drug-likeness (QED) is 0.635. The zero-order chi connectivity index (χ0) is 20.2. The minimum Gasteiger partial charge on any atom is -0.367 e. The predicted molar refractivity (Wildman–Crippen MR) is 113 cm³/mol. The van der Waals surface area contributed by atoms with E-state index in [4.69, 9.17) is 11.6 Å². The number of nitrogens with zero attached hydrogens (tertiary/aromatic N) is 5. The van der Waals surface area contributed by atoms with Crippen molar-refractivity contribution in [3.05, 3.63) is 53.7 Å². The van der Waals surface area contributed by atoms with Crippen LogP contribution in [-0.4, -0.2) is 51.3 Å². The van der Waals surface area contributed by atoms with Crippen LogP contribution in [0.25, 0.3) is 5.69 Å². The lowest BCUT2D eigenvalue weighted by molar-refractivity contribution is 0.217. The normalized spacial score (nSPS) is 17.3. The molecule has 2 N–H and O–H groups in total. The molecule has 29 heavy (non-hydrogen) atoms. The molecule has 1 aliphatic rings. The van der Waals surface area contributed by atoms with Crippen LogP contribution in [0.1, 0.15) is 12.8 Å². The summed E-state index contributed by atoms with van der Waals surface area (Å²) < 4.78 is 15.9. The van der Waals surface area contributed by atoms with Crippen molar-refractivity contribution in [3.63, 3.8) is 0 Å². The highest BCUT2D eigenvalue weighted by atomic mass is 35.5. The summed E-state index contributed by atoms with van der Waals surface area (Å²) in [5.41, 5.74) is 1.60. The Morgan fingerprint density at radius 2 is 2.21 bits per heavy atom. The van der Waals surface area contributed by atoms with Crippen LogP contribution in [-0.2, 0) is 0 Å². The van der Waals surface area contributed by atoms with Crippen LogP contribution in [0.3, 0.4) is 0 Å². The molecular weight excluding hydrogens is 393 g/mol. The first-order valence-corrected chi connectivity index (χ1v) is 9.97. The molecule has 4 rings (SSSR count). The monoisotopic (exact) mass is 415 g/mol. The highest BCUT2D eigenvalue weighted by Gasteiger charge is 2.18. The van der Waals surface area contributed by atoms with Crippen molar-refractivity contribution in [2.24, 2.45) is 5.92 Å². The molecule has 0 spiro atoms. The number of hydrogen-bond acceptors (Lipinski definition) is 6. The Morgan fingerprint density at radius 3 is 3.00 bits per heavy atom. The van der Waals surface area contributed by atoms with Gasteiger partial charge in [-0.1, -0.05) is 17.7 Å². The van der Waals surface area contributed by atoms with Gasteiger partial charge in [0.25, 0.3) is 0 Å². The molecule has 7 nitrogen and oxygen atoms in total. The van der Waals surface area contributed by atoms with E-state index >= 15 is 0 Å². The van der Waals surface area contributed by atoms with Gasteiger partial charge < -0.3 is 15.5 Å². The minimum absolute atomic E-state index is 0.214. The summed E-state index contributed by atoms with van der Waals surface area (Å²) in [6.45, 7) is 2.82. The van der Waals surface area contributed by atoms with Crippen molar-refractivity contribution in [2.75, 3.05) is 37.3 Å². The van der Waals surface area contributed by atoms with Crippen LogP contribution in [0.15, 0.2) is 42.9 Å². The van der Waals surface area contributed by atoms with Crippen molar-refractivity contribution < 1.29 is 4.39 Å². The molecule has 1 atom stereocenters. The standard InChI is InChI=1S/C20H23ClFN7/c1-28-7-3-4-14(12-28)9-23-19-18(22)11-24-20(27-19)26-16-5-2-6-17(8-16)29-13-15(21)10-25-29/h2,5-6,8,10-11,13-14H,3-4,7,9,12H2,1H3,(H2,23,24,26,27)/t14-/m0/s1. The maximum absolute atomic E-state index is 14.2. The fourth-order valence-electron chi connectivity index (χ4n) is 3.53. The fourth-order valence-corrected chi connectivity index (χ4v) is 3.67. The first-order valence-electron chi connectivity index (χ1n) is 9.59. The summed E-state index contributed by atoms with van der Waals surface area (Å²) >= 11 is 5.94. The molecular formula is C20H23ClFN7. The van der Waals surface area contributed by atoms with E-state index in [0.29, 0.717) is 23.4 Å². The molecule has 0 saturated carbocycles. The van der Waals surface area contributed by atoms with Crippen molar-refractivity contribution in [1.82, 2.24) is 24.6 Å². The third-order valence-corrected chi connectivity index (χ3v) is 5.14. The van der Waals surface area contributed by atoms with Crippen molar-refractivity contribution >= 4 is 29.1 Å². The number of halogens is 2. The second-order valence-corrected chi connectivity index (χ2v) is 7.76. The van der Waals surface area contributed by atoms with E-state index in [9.17, 15) is 4.39 Å². The smallest absolute Gasteiger partial charge is 0.229 e. The molecule has 0 aliphatic carbocycles. The lowest BCUT2D eigenvalue weighted by Gasteiger charge is -2.29. The highest BCUT2D eigenvalue weighted by Crippen LogP contribution is 2.21. The van der Waals surface area contributed by atoms with Crippen LogP contribution in [0.2, 0.25) is 5.02 Å². The zero-order valence-electron chi connectivity index (χ0n) is 16.1. The molecule has 1 fully saturated rings. The Bertz CT molecular complexity index is 977. The maximum atomic E-state index is 14.2. The van der Waals surface area contributed by atoms with E-state index in [0.717, 1.165) is 30.9 Å². The topological polar surface area (TPSA) is 70.9 Å². The summed E-state index contributed by atoms with van der Waals surface area (Å²) in [7, 11) is 2.12. The molecule has 3 aromatic rings. The molecule has 1 aromatic carbocycles. The molecule has 1 saturated heterocycles. The first-order chi connectivity index (χ1) is 14.1. The van der Waals surface area contributed by atoms with E-state index in [2.05, 4.69) is 37.6 Å². The van der Waals surface area contributed by atoms with Crippen LogP contribution >= 0.6 is 11.6 Å². The predicted octanol–water partition coefficient (Wildman–Crippen LogP) is 3.95. The van der Waals surface area contributed by atoms with Crippen molar-refractivity contribution in [1.29, 1.82) is 0 Å². The molecule has 152 valence electrons. The van der Waals surface area contributed by atoms with Crippen LogP contribution in [0, 0.1) is 11.7 Å². The second-order valence-electron chi connectivity index (χ2n) is 7.32. The Labute approximate surface area is 173 Å². The van der Waals surface area contributed by atoms with Gasteiger partial charge in [-0.15, -0.1) is 0 Å². The molecule has 0 unspecified atom stereocenters. The average Bonchev–Trinajstić information content (AvgIpc) is 3.15. The first kappa shape index (κ1) is 19.6. The van der Waals surface area contributed by atoms with Crippen LogP contribution < -0.4 is 10.6 Å². The Kier molecular flexibility index (Phi) is 5.92. The number of benzene rings is 1. The number of anilines is 3. The van der Waals surface area contributed by atoms with E-state index in [1.54, 1.807) is 17.1 Å². The number of piperidine rings is 1. The third-order valence-electron chi connectivity index (χ3n) is 4.94. The number of rotatable bonds is 6. The van der Waals surface area contributed by atoms with Gasteiger partial charge in [0.2, 0.25) is 5.95 Å². The SMILES string of the molecule is CN1CCC[C@@H](CNc2nc(Nc3cccc(-n4cc(Cl)cn4)c3)ncc2F)C1. The summed E-state index contributed by atoms with van der Waals surface area (Å²) in [5, 5.41) is 11.0. The molecule has 0 amide bonds. The lowest BCUT2D eigenvalue weighted by Crippen LogP contribution is -2.35. The Balaban J connectivity index is 1.45. The summed E-state index contributed by atoms with van der Waals surface area (Å²) in [6, 6.07) is 7.57. The molecule has 3 heterocycles. The van der Waals surface area contributed by atoms with Gasteiger partial charge in [-0.3, -0.25) is 0 Å². The van der Waals surface area contributed by atoms with Gasteiger partial charge in [0, 0.05) is 25.0 Å². The van der Waals surface area contributed by atoms with Crippen LogP contribution in [0.5, 0.6) is 0 Å². The van der Waals surface area contributed by atoms with Gasteiger partial charge in [0.15, 0.2) is 11.6 Å². The number of likely N-dealkylation sites (tertiary alicyclic amines) is 1. The van der Waals surface area contributed by atoms with Crippen molar-refractivity contribution in [3.8, 4) is 5.69 Å². The number of nitrogens with one attached hydrogen (secondary N) is 2. The number of hydrogen-bond donors (Lipinski definition) is 2. The van der Waals surface area contributed by atoms with Gasteiger partial charge in [-0.25, -0.2) is 14.1 Å². The van der Waals surface area contributed by atoms with E-state index in [1.807, 2.05) is 24.3 Å². The Hall–Kier alpha value is -2.71. The molecule has 0 radical (unpaired) electrons. The van der Waals surface area contributed by atoms with Gasteiger partial charge in [-0.05, 0) is 50.6 Å². The van der Waals surface area contributed by atoms with Gasteiger partial charge in [-0.2, -0.15) is 10.1 Å². The van der Waals surface area contributed by atoms with Gasteiger partial charge in [0.05, 0.1) is 23.1 Å². The zero-order valence-corrected chi connectivity index (χ0v) is 16.9. The fraction of sp³-hybridized carbons (Fsp3) is 0.350. The number of aromatic nitrogens is 4. The summed E-state index contributed by atoms with van der Waals surface area (Å²) in [4.78, 5) is 10.7. The maximum Gasteiger partial charge on any atom is 0.229 e. The Morgan fingerprint density at radius 1 is 1.31 bits per heavy atom. The minimum atomic E-state index is -0.459. The highest BCUT2D eigenvalue weighted by molar-refractivity contribution is 6.30. The summed E-state index contributed by atoms with van der Waals surface area (Å²) in [6.07, 6.45) is 6.79. The van der Waals surface area contributed by atoms with E-state index in [1.165, 1.54) is 12.6 Å². The third kappa shape index (κ3) is 5.02. The molecule has 2 aromatic heterocycles. The average molecular weight is 416 g/mol. The van der Waals surface area contributed by atoms with Gasteiger partial charge in [0.1, 0.15) is 0 Å². The van der Waals surface area contributed by atoms with Crippen LogP contribution in [0.4, 0.5) is 21.8 Å². The second kappa shape index (κ2) is 8.75. The molecule has 0 bridgehead atoms. The largest absolute Gasteiger partial charge is 0.367 e. The van der Waals surface area contributed by atoms with E-state index < -0.39 is 5.82 Å². The lowest BCUT2D eigenvalue weighted by atomic mass is 9.98. The molecule has 1 aliphatic heterocycles. The van der Waals surface area contributed by atoms with Gasteiger partial charge >= 0.3 is 0 Å². The summed E-state index contributed by atoms with van der Waals surface area (Å²) in [5.74, 6) is 0.563. The van der Waals surface area contributed by atoms with Crippen molar-refractivity contribution in [2.45, 2.75) is 12.8 Å². The molecule has 9 heteroatoms. The van der Waals surface area contributed by atoms with E-state index in [-0.39, 0.29) is 5.82 Å².